The Kier molecular flexibility index (Phi) is 6.65. The fourth-order valence-electron chi connectivity index (χ4n) is 3.29. The van der Waals surface area contributed by atoms with Crippen molar-refractivity contribution in [2.75, 3.05) is 7.11 Å². The fourth-order valence-corrected chi connectivity index (χ4v) is 3.29. The Bertz CT molecular complexity index is 1120. The smallest absolute Gasteiger partial charge is 0.322 e. The van der Waals surface area contributed by atoms with Gasteiger partial charge in [0.15, 0.2) is 17.2 Å². The Morgan fingerprint density at radius 3 is 2.55 bits per heavy atom. The van der Waals surface area contributed by atoms with Crippen molar-refractivity contribution in [1.29, 1.82) is 0 Å². The number of nitrogens with two attached hydrogens (primary N) is 1. The number of carbonyl (C=O) groups excluding carboxylic acids is 2. The molecule has 7 nitrogen and oxygen atoms in total. The average Bonchev–Trinajstić information content (AvgIpc) is 3.06. The van der Waals surface area contributed by atoms with Crippen molar-refractivity contribution < 1.29 is 27.8 Å². The van der Waals surface area contributed by atoms with E-state index in [-0.39, 0.29) is 36.5 Å². The molecule has 0 saturated carbocycles. The molecule has 0 spiro atoms. The predicted molar refractivity (Wildman–Crippen MR) is 109 cm³/mol. The van der Waals surface area contributed by atoms with Gasteiger partial charge in [-0.05, 0) is 44.0 Å². The topological polar surface area (TPSA) is 95.9 Å². The van der Waals surface area contributed by atoms with E-state index in [9.17, 15) is 18.4 Å². The van der Waals surface area contributed by atoms with Crippen LogP contribution in [0.15, 0.2) is 30.5 Å². The summed E-state index contributed by atoms with van der Waals surface area (Å²) >= 11 is 0. The van der Waals surface area contributed by atoms with E-state index in [0.717, 1.165) is 17.7 Å². The predicted octanol–water partition coefficient (Wildman–Crippen LogP) is 3.27. The third-order valence-corrected chi connectivity index (χ3v) is 4.88. The largest absolute Gasteiger partial charge is 0.485 e. The lowest BCUT2D eigenvalue weighted by molar-refractivity contribution is -0.142. The molecule has 0 fully saturated rings. The number of ether oxygens (including phenoxy) is 2. The number of hydrogen-bond acceptors (Lipinski definition) is 6. The number of fused-ring (bicyclic) bond motifs is 1. The number of imidazole rings is 1. The summed E-state index contributed by atoms with van der Waals surface area (Å²) in [5.74, 6) is -1.96. The molecule has 0 amide bonds. The summed E-state index contributed by atoms with van der Waals surface area (Å²) in [7, 11) is 1.23. The summed E-state index contributed by atoms with van der Waals surface area (Å²) < 4.78 is 39.7. The lowest BCUT2D eigenvalue weighted by atomic mass is 10.1. The van der Waals surface area contributed by atoms with Gasteiger partial charge in [-0.15, -0.1) is 0 Å². The number of hydrogen-bond donors (Lipinski definition) is 1. The SMILES string of the molecule is COC(=O)[C@@H](N)CCC(=O)c1c(C)nc2c(OCc3c(F)cccc3F)cc(C)cn12. The molecule has 3 rings (SSSR count). The van der Waals surface area contributed by atoms with Gasteiger partial charge < -0.3 is 15.2 Å². The van der Waals surface area contributed by atoms with Crippen LogP contribution in [0.1, 0.15) is 40.2 Å². The molecular weight excluding hydrogens is 408 g/mol. The van der Waals surface area contributed by atoms with Crippen LogP contribution in [0.2, 0.25) is 0 Å². The molecule has 9 heteroatoms. The number of esters is 1. The van der Waals surface area contributed by atoms with Crippen molar-refractivity contribution in [3.05, 3.63) is 64.6 Å². The molecule has 31 heavy (non-hydrogen) atoms. The molecule has 0 aliphatic carbocycles. The molecule has 0 radical (unpaired) electrons. The number of rotatable bonds is 8. The van der Waals surface area contributed by atoms with Crippen LogP contribution in [-0.4, -0.2) is 34.3 Å². The van der Waals surface area contributed by atoms with Gasteiger partial charge in [-0.25, -0.2) is 13.8 Å². The highest BCUT2D eigenvalue weighted by Gasteiger charge is 2.22. The summed E-state index contributed by atoms with van der Waals surface area (Å²) in [6.45, 7) is 3.14. The Morgan fingerprint density at radius 2 is 1.90 bits per heavy atom. The number of ketones is 1. The molecule has 0 aliphatic rings. The van der Waals surface area contributed by atoms with Crippen molar-refractivity contribution in [2.45, 2.75) is 39.3 Å². The van der Waals surface area contributed by atoms with Gasteiger partial charge in [-0.1, -0.05) is 6.07 Å². The van der Waals surface area contributed by atoms with E-state index in [1.54, 1.807) is 30.5 Å². The van der Waals surface area contributed by atoms with Gasteiger partial charge in [0.05, 0.1) is 18.4 Å². The Morgan fingerprint density at radius 1 is 1.23 bits per heavy atom. The van der Waals surface area contributed by atoms with E-state index in [1.165, 1.54) is 13.2 Å². The average molecular weight is 431 g/mol. The van der Waals surface area contributed by atoms with E-state index in [4.69, 9.17) is 10.5 Å². The lowest BCUT2D eigenvalue weighted by Gasteiger charge is -2.11. The molecule has 0 saturated heterocycles. The maximum atomic E-state index is 13.9. The first-order valence-corrected chi connectivity index (χ1v) is 9.64. The Hall–Kier alpha value is -3.33. The number of pyridine rings is 1. The monoisotopic (exact) mass is 431 g/mol. The minimum atomic E-state index is -0.898. The van der Waals surface area contributed by atoms with Crippen LogP contribution in [0.5, 0.6) is 5.75 Å². The highest BCUT2D eigenvalue weighted by Crippen LogP contribution is 2.26. The molecule has 0 bridgehead atoms. The van der Waals surface area contributed by atoms with Crippen LogP contribution < -0.4 is 10.5 Å². The van der Waals surface area contributed by atoms with E-state index < -0.39 is 23.6 Å². The minimum Gasteiger partial charge on any atom is -0.485 e. The third kappa shape index (κ3) is 4.72. The number of nitrogens with zero attached hydrogens (tertiary/aromatic N) is 2. The zero-order chi connectivity index (χ0) is 22.7. The molecular formula is C22H23F2N3O4. The lowest BCUT2D eigenvalue weighted by Crippen LogP contribution is -2.32. The molecule has 164 valence electrons. The zero-order valence-electron chi connectivity index (χ0n) is 17.4. The first kappa shape index (κ1) is 22.4. The minimum absolute atomic E-state index is 0.0233. The summed E-state index contributed by atoms with van der Waals surface area (Å²) in [6.07, 6.45) is 1.87. The zero-order valence-corrected chi connectivity index (χ0v) is 17.4. The first-order valence-electron chi connectivity index (χ1n) is 9.64. The number of halogens is 2. The molecule has 3 aromatic rings. The first-order chi connectivity index (χ1) is 14.7. The van der Waals surface area contributed by atoms with E-state index in [2.05, 4.69) is 9.72 Å². The molecule has 2 N–H and O–H groups in total. The van der Waals surface area contributed by atoms with Gasteiger partial charge in [0.1, 0.15) is 30.0 Å². The second kappa shape index (κ2) is 9.22. The number of methoxy groups -OCH3 is 1. The molecule has 2 aromatic heterocycles. The molecule has 1 aromatic carbocycles. The number of benzene rings is 1. The van der Waals surface area contributed by atoms with E-state index in [0.29, 0.717) is 17.0 Å². The highest BCUT2D eigenvalue weighted by atomic mass is 19.1. The molecule has 1 atom stereocenters. The van der Waals surface area contributed by atoms with Gasteiger partial charge >= 0.3 is 5.97 Å². The summed E-state index contributed by atoms with van der Waals surface area (Å²) in [6, 6.07) is 4.37. The van der Waals surface area contributed by atoms with Crippen molar-refractivity contribution in [3.63, 3.8) is 0 Å². The van der Waals surface area contributed by atoms with Gasteiger partial charge in [0, 0.05) is 12.6 Å². The van der Waals surface area contributed by atoms with Gasteiger partial charge in [0.2, 0.25) is 0 Å². The summed E-state index contributed by atoms with van der Waals surface area (Å²) in [5, 5.41) is 0. The Labute approximate surface area is 177 Å². The number of aromatic nitrogens is 2. The second-order valence-electron chi connectivity index (χ2n) is 7.20. The van der Waals surface area contributed by atoms with Crippen LogP contribution >= 0.6 is 0 Å². The standard InChI is InChI=1S/C22H23F2N3O4/c1-12-9-19(31-11-14-15(23)5-4-6-16(14)24)21-26-13(2)20(27(21)10-12)18(28)8-7-17(25)22(29)30-3/h4-6,9-10,17H,7-8,11,25H2,1-3H3/t17-/m0/s1. The van der Waals surface area contributed by atoms with E-state index in [1.807, 2.05) is 0 Å². The maximum absolute atomic E-state index is 13.9. The van der Waals surface area contributed by atoms with Crippen LogP contribution in [-0.2, 0) is 16.1 Å². The van der Waals surface area contributed by atoms with Crippen molar-refractivity contribution in [2.24, 2.45) is 5.73 Å². The van der Waals surface area contributed by atoms with Crippen LogP contribution in [0, 0.1) is 25.5 Å². The van der Waals surface area contributed by atoms with Crippen molar-refractivity contribution in [1.82, 2.24) is 9.38 Å². The van der Waals surface area contributed by atoms with Gasteiger partial charge in [-0.2, -0.15) is 0 Å². The fraction of sp³-hybridized carbons (Fsp3) is 0.318. The van der Waals surface area contributed by atoms with Crippen LogP contribution in [0.25, 0.3) is 5.65 Å². The maximum Gasteiger partial charge on any atom is 0.322 e. The molecule has 0 unspecified atom stereocenters. The number of Topliss-reactive ketones (excluding diaryl/α,β-unsaturated/α-hetero) is 1. The van der Waals surface area contributed by atoms with E-state index >= 15 is 0 Å². The van der Waals surface area contributed by atoms with Crippen LogP contribution in [0.3, 0.4) is 0 Å². The summed E-state index contributed by atoms with van der Waals surface area (Å²) in [5.41, 5.74) is 7.42. The molecule has 0 aliphatic heterocycles. The highest BCUT2D eigenvalue weighted by molar-refractivity contribution is 5.97. The molecule has 2 heterocycles. The number of carbonyl (C=O) groups is 2. The van der Waals surface area contributed by atoms with Crippen molar-refractivity contribution >= 4 is 17.4 Å². The normalized spacial score (nSPS) is 12.1. The quantitative estimate of drug-likeness (QED) is 0.434. The second-order valence-corrected chi connectivity index (χ2v) is 7.20. The third-order valence-electron chi connectivity index (χ3n) is 4.88. The van der Waals surface area contributed by atoms with Gasteiger partial charge in [-0.3, -0.25) is 14.0 Å². The van der Waals surface area contributed by atoms with Gasteiger partial charge in [0.25, 0.3) is 0 Å². The number of aryl methyl sites for hydroxylation is 2. The van der Waals surface area contributed by atoms with Crippen molar-refractivity contribution in [3.8, 4) is 5.75 Å². The van der Waals surface area contributed by atoms with Crippen LogP contribution in [0.4, 0.5) is 8.78 Å². The summed E-state index contributed by atoms with van der Waals surface area (Å²) in [4.78, 5) is 28.7. The Balaban J connectivity index is 1.89.